The highest BCUT2D eigenvalue weighted by atomic mass is 79.9. The molecule has 0 bridgehead atoms. The Bertz CT molecular complexity index is 508. The van der Waals surface area contributed by atoms with Crippen molar-refractivity contribution in [2.24, 2.45) is 0 Å². The van der Waals surface area contributed by atoms with Gasteiger partial charge >= 0.3 is 0 Å². The lowest BCUT2D eigenvalue weighted by Crippen LogP contribution is -1.93. The lowest BCUT2D eigenvalue weighted by Gasteiger charge is -2.09. The molecule has 0 aliphatic rings. The zero-order valence-electron chi connectivity index (χ0n) is 8.59. The lowest BCUT2D eigenvalue weighted by atomic mass is 10.0. The van der Waals surface area contributed by atoms with Crippen molar-refractivity contribution in [2.75, 3.05) is 0 Å². The zero-order chi connectivity index (χ0) is 11.0. The number of rotatable bonds is 1. The highest BCUT2D eigenvalue weighted by Gasteiger charge is 2.08. The highest BCUT2D eigenvalue weighted by molar-refractivity contribution is 9.10. The van der Waals surface area contributed by atoms with Crippen LogP contribution in [0.3, 0.4) is 0 Å². The van der Waals surface area contributed by atoms with Crippen molar-refractivity contribution in [2.45, 2.75) is 19.8 Å². The Hall–Kier alpha value is -0.960. The minimum absolute atomic E-state index is 0.221. The van der Waals surface area contributed by atoms with E-state index in [0.717, 1.165) is 21.1 Å². The van der Waals surface area contributed by atoms with Gasteiger partial charge < -0.3 is 0 Å². The number of benzene rings is 1. The third kappa shape index (κ3) is 2.02. The van der Waals surface area contributed by atoms with Gasteiger partial charge in [0.1, 0.15) is 10.4 Å². The molecule has 78 valence electrons. The van der Waals surface area contributed by atoms with Gasteiger partial charge in [-0.1, -0.05) is 13.8 Å². The fourth-order valence-electron chi connectivity index (χ4n) is 1.55. The average Bonchev–Trinajstić information content (AvgIpc) is 2.17. The van der Waals surface area contributed by atoms with Crippen LogP contribution < -0.4 is 0 Å². The Morgan fingerprint density at radius 1 is 1.27 bits per heavy atom. The maximum atomic E-state index is 13.0. The van der Waals surface area contributed by atoms with Gasteiger partial charge in [0.05, 0.1) is 5.52 Å². The molecule has 0 amide bonds. The normalized spacial score (nSPS) is 11.3. The molecule has 0 unspecified atom stereocenters. The molecule has 0 radical (unpaired) electrons. The third-order valence-corrected chi connectivity index (χ3v) is 3.01. The number of hydrogen-bond acceptors (Lipinski definition) is 1. The van der Waals surface area contributed by atoms with E-state index in [9.17, 15) is 4.39 Å². The summed E-state index contributed by atoms with van der Waals surface area (Å²) in [5, 5.41) is 0.849. The number of nitrogens with zero attached hydrogens (tertiary/aromatic N) is 1. The van der Waals surface area contributed by atoms with Crippen molar-refractivity contribution in [3.05, 3.63) is 40.2 Å². The summed E-state index contributed by atoms with van der Waals surface area (Å²) >= 11 is 3.43. The van der Waals surface area contributed by atoms with Crippen LogP contribution in [0.25, 0.3) is 10.9 Å². The van der Waals surface area contributed by atoms with Crippen molar-refractivity contribution < 1.29 is 4.39 Å². The smallest absolute Gasteiger partial charge is 0.123 e. The standard InChI is InChI=1S/C12H11BrFN/c1-7(2)10-6-8-5-9(14)3-4-11(8)15-12(10)13/h3-7H,1-2H3. The van der Waals surface area contributed by atoms with Crippen LogP contribution in [0.2, 0.25) is 0 Å². The van der Waals surface area contributed by atoms with Crippen molar-refractivity contribution in [1.82, 2.24) is 4.98 Å². The van der Waals surface area contributed by atoms with Gasteiger partial charge in [-0.3, -0.25) is 0 Å². The van der Waals surface area contributed by atoms with Crippen LogP contribution in [0.4, 0.5) is 4.39 Å². The maximum absolute atomic E-state index is 13.0. The van der Waals surface area contributed by atoms with E-state index in [0.29, 0.717) is 5.92 Å². The van der Waals surface area contributed by atoms with Crippen LogP contribution in [0.5, 0.6) is 0 Å². The molecular weight excluding hydrogens is 257 g/mol. The summed E-state index contributed by atoms with van der Waals surface area (Å²) in [5.74, 6) is 0.154. The Morgan fingerprint density at radius 3 is 2.67 bits per heavy atom. The van der Waals surface area contributed by atoms with Gasteiger partial charge in [-0.15, -0.1) is 0 Å². The minimum Gasteiger partial charge on any atom is -0.241 e. The Balaban J connectivity index is 2.72. The second-order valence-electron chi connectivity index (χ2n) is 3.86. The summed E-state index contributed by atoms with van der Waals surface area (Å²) in [4.78, 5) is 4.39. The van der Waals surface area contributed by atoms with Gasteiger partial charge in [0.15, 0.2) is 0 Å². The largest absolute Gasteiger partial charge is 0.241 e. The number of pyridine rings is 1. The quantitative estimate of drug-likeness (QED) is 0.704. The Morgan fingerprint density at radius 2 is 2.00 bits per heavy atom. The predicted molar refractivity (Wildman–Crippen MR) is 63.5 cm³/mol. The van der Waals surface area contributed by atoms with E-state index in [-0.39, 0.29) is 5.82 Å². The molecule has 0 N–H and O–H groups in total. The van der Waals surface area contributed by atoms with E-state index < -0.39 is 0 Å². The molecule has 1 aromatic carbocycles. The monoisotopic (exact) mass is 267 g/mol. The fourth-order valence-corrected chi connectivity index (χ4v) is 2.31. The first-order chi connectivity index (χ1) is 7.08. The predicted octanol–water partition coefficient (Wildman–Crippen LogP) is 4.26. The van der Waals surface area contributed by atoms with E-state index >= 15 is 0 Å². The van der Waals surface area contributed by atoms with Crippen LogP contribution in [0.1, 0.15) is 25.3 Å². The first-order valence-electron chi connectivity index (χ1n) is 4.83. The molecule has 15 heavy (non-hydrogen) atoms. The molecular formula is C12H11BrFN. The lowest BCUT2D eigenvalue weighted by molar-refractivity contribution is 0.629. The second kappa shape index (κ2) is 3.89. The molecule has 0 spiro atoms. The average molecular weight is 268 g/mol. The molecule has 2 rings (SSSR count). The van der Waals surface area contributed by atoms with Crippen LogP contribution in [0.15, 0.2) is 28.9 Å². The van der Waals surface area contributed by atoms with Gasteiger partial charge in [-0.05, 0) is 51.7 Å². The summed E-state index contributed by atoms with van der Waals surface area (Å²) in [5.41, 5.74) is 1.92. The molecule has 0 atom stereocenters. The van der Waals surface area contributed by atoms with Crippen molar-refractivity contribution in [3.8, 4) is 0 Å². The van der Waals surface area contributed by atoms with E-state index in [1.807, 2.05) is 6.07 Å². The van der Waals surface area contributed by atoms with E-state index in [1.54, 1.807) is 6.07 Å². The van der Waals surface area contributed by atoms with Crippen LogP contribution in [0, 0.1) is 5.82 Å². The zero-order valence-corrected chi connectivity index (χ0v) is 10.2. The van der Waals surface area contributed by atoms with E-state index in [1.165, 1.54) is 12.1 Å². The summed E-state index contributed by atoms with van der Waals surface area (Å²) < 4.78 is 13.9. The molecule has 3 heteroatoms. The van der Waals surface area contributed by atoms with Gasteiger partial charge in [-0.25, -0.2) is 9.37 Å². The number of halogens is 2. The van der Waals surface area contributed by atoms with Crippen molar-refractivity contribution >= 4 is 26.8 Å². The summed E-state index contributed by atoms with van der Waals surface area (Å²) in [6.07, 6.45) is 0. The molecule has 0 saturated carbocycles. The maximum Gasteiger partial charge on any atom is 0.123 e. The number of hydrogen-bond donors (Lipinski definition) is 0. The molecule has 0 fully saturated rings. The minimum atomic E-state index is -0.221. The van der Waals surface area contributed by atoms with Crippen LogP contribution >= 0.6 is 15.9 Å². The Labute approximate surface area is 96.5 Å². The van der Waals surface area contributed by atoms with Gasteiger partial charge in [0.25, 0.3) is 0 Å². The summed E-state index contributed by atoms with van der Waals surface area (Å²) in [7, 11) is 0. The number of fused-ring (bicyclic) bond motifs is 1. The third-order valence-electron chi connectivity index (χ3n) is 2.38. The highest BCUT2D eigenvalue weighted by Crippen LogP contribution is 2.27. The molecule has 1 heterocycles. The first kappa shape index (κ1) is 10.6. The SMILES string of the molecule is CC(C)c1cc2cc(F)ccc2nc1Br. The van der Waals surface area contributed by atoms with Gasteiger partial charge in [0, 0.05) is 5.39 Å². The molecule has 0 aliphatic heterocycles. The van der Waals surface area contributed by atoms with Crippen molar-refractivity contribution in [1.29, 1.82) is 0 Å². The molecule has 1 nitrogen and oxygen atoms in total. The molecule has 0 saturated heterocycles. The topological polar surface area (TPSA) is 12.9 Å². The molecule has 2 aromatic rings. The second-order valence-corrected chi connectivity index (χ2v) is 4.61. The summed E-state index contributed by atoms with van der Waals surface area (Å²) in [6.45, 7) is 4.18. The summed E-state index contributed by atoms with van der Waals surface area (Å²) in [6, 6.07) is 6.62. The Kier molecular flexibility index (Phi) is 2.74. The van der Waals surface area contributed by atoms with Crippen molar-refractivity contribution in [3.63, 3.8) is 0 Å². The first-order valence-corrected chi connectivity index (χ1v) is 5.63. The molecule has 1 aromatic heterocycles. The van der Waals surface area contributed by atoms with Gasteiger partial charge in [-0.2, -0.15) is 0 Å². The molecule has 0 aliphatic carbocycles. The fraction of sp³-hybridized carbons (Fsp3) is 0.250. The van der Waals surface area contributed by atoms with Crippen LogP contribution in [-0.2, 0) is 0 Å². The van der Waals surface area contributed by atoms with E-state index in [4.69, 9.17) is 0 Å². The van der Waals surface area contributed by atoms with Gasteiger partial charge in [0.2, 0.25) is 0 Å². The number of aromatic nitrogens is 1. The van der Waals surface area contributed by atoms with E-state index in [2.05, 4.69) is 34.8 Å². The van der Waals surface area contributed by atoms with Crippen LogP contribution in [-0.4, -0.2) is 4.98 Å².